The normalized spacial score (nSPS) is 15.8. The Hall–Kier alpha value is -2.31. The molecule has 134 valence electrons. The quantitative estimate of drug-likeness (QED) is 0.712. The Morgan fingerprint density at radius 1 is 1.00 bits per heavy atom. The van der Waals surface area contributed by atoms with E-state index in [2.05, 4.69) is 44.5 Å². The molecular weight excluding hydrogens is 342 g/mol. The second-order valence-corrected chi connectivity index (χ2v) is 7.62. The van der Waals surface area contributed by atoms with E-state index in [1.807, 2.05) is 23.7 Å². The van der Waals surface area contributed by atoms with Gasteiger partial charge in [0, 0.05) is 30.0 Å². The Balaban J connectivity index is 1.29. The zero-order chi connectivity index (χ0) is 17.6. The van der Waals surface area contributed by atoms with Crippen LogP contribution in [-0.4, -0.2) is 32.9 Å². The second kappa shape index (κ2) is 8.38. The number of anilines is 2. The molecule has 4 heterocycles. The van der Waals surface area contributed by atoms with Crippen LogP contribution in [0.15, 0.2) is 54.2 Å². The predicted molar refractivity (Wildman–Crippen MR) is 106 cm³/mol. The molecule has 0 spiro atoms. The molecule has 0 aliphatic carbocycles. The zero-order valence-electron chi connectivity index (χ0n) is 14.7. The van der Waals surface area contributed by atoms with Crippen LogP contribution in [0.2, 0.25) is 0 Å². The van der Waals surface area contributed by atoms with Gasteiger partial charge in [0.25, 0.3) is 0 Å². The highest BCUT2D eigenvalue weighted by atomic mass is 32.1. The third-order valence-corrected chi connectivity index (χ3v) is 5.48. The number of hydrogen-bond acceptors (Lipinski definition) is 6. The van der Waals surface area contributed by atoms with Crippen LogP contribution in [0.4, 0.5) is 10.9 Å². The topological polar surface area (TPSA) is 53.9 Å². The predicted octanol–water partition coefficient (Wildman–Crippen LogP) is 4.13. The van der Waals surface area contributed by atoms with Gasteiger partial charge in [0.2, 0.25) is 0 Å². The summed E-state index contributed by atoms with van der Waals surface area (Å²) in [5.41, 5.74) is 2.32. The average Bonchev–Trinajstić information content (AvgIpc) is 3.18. The number of likely N-dealkylation sites (tertiary alicyclic amines) is 1. The van der Waals surface area contributed by atoms with Crippen LogP contribution in [0.1, 0.15) is 24.2 Å². The summed E-state index contributed by atoms with van der Waals surface area (Å²) >= 11 is 1.59. The maximum atomic E-state index is 4.76. The highest BCUT2D eigenvalue weighted by molar-refractivity contribution is 7.13. The van der Waals surface area contributed by atoms with Crippen molar-refractivity contribution in [3.05, 3.63) is 65.6 Å². The van der Waals surface area contributed by atoms with E-state index >= 15 is 0 Å². The first kappa shape index (κ1) is 17.1. The summed E-state index contributed by atoms with van der Waals surface area (Å²) in [6.45, 7) is 3.23. The minimum Gasteiger partial charge on any atom is -0.316 e. The van der Waals surface area contributed by atoms with Crippen molar-refractivity contribution >= 4 is 22.3 Å². The summed E-state index contributed by atoms with van der Waals surface area (Å²) in [4.78, 5) is 16.0. The molecular formula is C20H23N5S. The molecule has 1 aliphatic rings. The Morgan fingerprint density at radius 2 is 1.88 bits per heavy atom. The van der Waals surface area contributed by atoms with Crippen molar-refractivity contribution in [2.45, 2.75) is 25.8 Å². The molecule has 26 heavy (non-hydrogen) atoms. The van der Waals surface area contributed by atoms with E-state index in [1.165, 1.54) is 12.8 Å². The van der Waals surface area contributed by atoms with Gasteiger partial charge >= 0.3 is 0 Å². The first-order valence-electron chi connectivity index (χ1n) is 9.10. The summed E-state index contributed by atoms with van der Waals surface area (Å²) in [5, 5.41) is 6.13. The van der Waals surface area contributed by atoms with Crippen molar-refractivity contribution < 1.29 is 0 Å². The lowest BCUT2D eigenvalue weighted by Crippen LogP contribution is -2.34. The van der Waals surface area contributed by atoms with E-state index in [4.69, 9.17) is 4.98 Å². The van der Waals surface area contributed by atoms with Crippen molar-refractivity contribution in [3.8, 4) is 0 Å². The van der Waals surface area contributed by atoms with E-state index in [9.17, 15) is 0 Å². The summed E-state index contributed by atoms with van der Waals surface area (Å²) in [5.74, 6) is 1.59. The summed E-state index contributed by atoms with van der Waals surface area (Å²) < 4.78 is 0. The lowest BCUT2D eigenvalue weighted by atomic mass is 9.92. The standard InChI is InChI=1S/C20H23N5S/c1-2-9-21-18(4-1)15-25-11-7-16(8-12-25)14-17-5-3-6-19(23-17)24-20-22-10-13-26-20/h1-6,9-10,13,16H,7-8,11-12,14-15H2,(H,22,23,24). The molecule has 0 saturated carbocycles. The van der Waals surface area contributed by atoms with E-state index < -0.39 is 0 Å². The van der Waals surface area contributed by atoms with Crippen LogP contribution in [0.5, 0.6) is 0 Å². The monoisotopic (exact) mass is 365 g/mol. The second-order valence-electron chi connectivity index (χ2n) is 6.72. The minimum atomic E-state index is 0.706. The summed E-state index contributed by atoms with van der Waals surface area (Å²) in [6.07, 6.45) is 7.16. The van der Waals surface area contributed by atoms with Gasteiger partial charge in [-0.15, -0.1) is 11.3 Å². The molecule has 3 aromatic heterocycles. The maximum absolute atomic E-state index is 4.76. The van der Waals surface area contributed by atoms with Gasteiger partial charge in [0.1, 0.15) is 5.82 Å². The zero-order valence-corrected chi connectivity index (χ0v) is 15.5. The van der Waals surface area contributed by atoms with Gasteiger partial charge < -0.3 is 5.32 Å². The van der Waals surface area contributed by atoms with Crippen molar-refractivity contribution in [1.29, 1.82) is 0 Å². The van der Waals surface area contributed by atoms with Gasteiger partial charge in [0.15, 0.2) is 5.13 Å². The highest BCUT2D eigenvalue weighted by Crippen LogP contribution is 2.23. The maximum Gasteiger partial charge on any atom is 0.188 e. The Bertz CT molecular complexity index is 798. The summed E-state index contributed by atoms with van der Waals surface area (Å²) in [6, 6.07) is 12.4. The van der Waals surface area contributed by atoms with E-state index in [0.29, 0.717) is 5.92 Å². The van der Waals surface area contributed by atoms with Gasteiger partial charge in [-0.1, -0.05) is 12.1 Å². The molecule has 3 aromatic rings. The number of piperidine rings is 1. The van der Waals surface area contributed by atoms with Gasteiger partial charge in [-0.3, -0.25) is 9.88 Å². The molecule has 0 radical (unpaired) electrons. The Kier molecular flexibility index (Phi) is 5.52. The number of aromatic nitrogens is 3. The van der Waals surface area contributed by atoms with Gasteiger partial charge in [-0.2, -0.15) is 0 Å². The lowest BCUT2D eigenvalue weighted by Gasteiger charge is -2.31. The third-order valence-electron chi connectivity index (χ3n) is 4.79. The molecule has 0 aromatic carbocycles. The molecule has 0 unspecified atom stereocenters. The third kappa shape index (κ3) is 4.65. The number of hydrogen-bond donors (Lipinski definition) is 1. The van der Waals surface area contributed by atoms with Gasteiger partial charge in [-0.25, -0.2) is 9.97 Å². The molecule has 0 atom stereocenters. The molecule has 0 amide bonds. The summed E-state index contributed by atoms with van der Waals surface area (Å²) in [7, 11) is 0. The van der Waals surface area contributed by atoms with E-state index in [0.717, 1.165) is 48.4 Å². The lowest BCUT2D eigenvalue weighted by molar-refractivity contribution is 0.175. The number of nitrogens with one attached hydrogen (secondary N) is 1. The number of nitrogens with zero attached hydrogens (tertiary/aromatic N) is 4. The Labute approximate surface area is 158 Å². The van der Waals surface area contributed by atoms with Gasteiger partial charge in [0.05, 0.1) is 5.69 Å². The fraction of sp³-hybridized carbons (Fsp3) is 0.350. The van der Waals surface area contributed by atoms with Crippen LogP contribution >= 0.6 is 11.3 Å². The smallest absolute Gasteiger partial charge is 0.188 e. The van der Waals surface area contributed by atoms with Crippen molar-refractivity contribution in [1.82, 2.24) is 19.9 Å². The molecule has 1 aliphatic heterocycles. The first-order chi connectivity index (χ1) is 12.8. The molecule has 4 rings (SSSR count). The van der Waals surface area contributed by atoms with Crippen LogP contribution in [0.3, 0.4) is 0 Å². The Morgan fingerprint density at radius 3 is 2.65 bits per heavy atom. The number of thiazole rings is 1. The van der Waals surface area contributed by atoms with Crippen LogP contribution < -0.4 is 5.32 Å². The van der Waals surface area contributed by atoms with Crippen LogP contribution in [0.25, 0.3) is 0 Å². The molecule has 1 N–H and O–H groups in total. The molecule has 5 nitrogen and oxygen atoms in total. The van der Waals surface area contributed by atoms with Crippen LogP contribution in [-0.2, 0) is 13.0 Å². The fourth-order valence-electron chi connectivity index (χ4n) is 3.42. The SMILES string of the molecule is c1ccc(CN2CCC(Cc3cccc(Nc4nccs4)n3)CC2)nc1. The molecule has 1 saturated heterocycles. The minimum absolute atomic E-state index is 0.706. The molecule has 6 heteroatoms. The van der Waals surface area contributed by atoms with Crippen molar-refractivity contribution in [2.24, 2.45) is 5.92 Å². The van der Waals surface area contributed by atoms with Crippen LogP contribution in [0, 0.1) is 5.92 Å². The molecule has 0 bridgehead atoms. The average molecular weight is 366 g/mol. The number of rotatable bonds is 6. The number of pyridine rings is 2. The highest BCUT2D eigenvalue weighted by Gasteiger charge is 2.20. The fourth-order valence-corrected chi connectivity index (χ4v) is 3.96. The van der Waals surface area contributed by atoms with E-state index in [1.54, 1.807) is 17.5 Å². The van der Waals surface area contributed by atoms with Crippen molar-refractivity contribution in [2.75, 3.05) is 18.4 Å². The first-order valence-corrected chi connectivity index (χ1v) is 9.98. The van der Waals surface area contributed by atoms with Crippen molar-refractivity contribution in [3.63, 3.8) is 0 Å². The largest absolute Gasteiger partial charge is 0.316 e. The van der Waals surface area contributed by atoms with E-state index in [-0.39, 0.29) is 0 Å². The molecule has 1 fully saturated rings. The van der Waals surface area contributed by atoms with Gasteiger partial charge in [-0.05, 0) is 62.5 Å².